The third-order valence-electron chi connectivity index (χ3n) is 2.33. The van der Waals surface area contributed by atoms with E-state index < -0.39 is 0 Å². The molecule has 0 spiro atoms. The molecule has 0 saturated carbocycles. The van der Waals surface area contributed by atoms with Crippen molar-refractivity contribution in [3.05, 3.63) is 39.9 Å². The quantitative estimate of drug-likeness (QED) is 0.653. The molecule has 1 aliphatic rings. The van der Waals surface area contributed by atoms with Crippen LogP contribution in [0.5, 0.6) is 0 Å². The number of halogens is 1. The first-order valence-corrected chi connectivity index (χ1v) is 4.97. The maximum atomic E-state index is 11.8. The number of hydrogen-bond acceptors (Lipinski definition) is 2. The van der Waals surface area contributed by atoms with Crippen molar-refractivity contribution in [3.8, 4) is 0 Å². The Morgan fingerprint density at radius 2 is 2.27 bits per heavy atom. The van der Waals surface area contributed by atoms with Crippen LogP contribution in [0.3, 0.4) is 0 Å². The molecule has 5 heteroatoms. The van der Waals surface area contributed by atoms with Crippen LogP contribution in [0.25, 0.3) is 11.8 Å². The summed E-state index contributed by atoms with van der Waals surface area (Å²) in [5, 5.41) is 9.80. The molecular weight excluding hydrogens is 216 g/mol. The lowest BCUT2D eigenvalue weighted by Crippen LogP contribution is -2.34. The molecule has 4 nitrogen and oxygen atoms in total. The van der Waals surface area contributed by atoms with Gasteiger partial charge in [-0.25, -0.2) is 0 Å². The largest absolute Gasteiger partial charge is 0.509 e. The summed E-state index contributed by atoms with van der Waals surface area (Å²) in [4.78, 5) is 11.8. The predicted octanol–water partition coefficient (Wildman–Crippen LogP) is -0.548. The molecule has 1 radical (unpaired) electrons. The van der Waals surface area contributed by atoms with Crippen LogP contribution in [0.15, 0.2) is 16.9 Å². The smallest absolute Gasteiger partial charge is 0.279 e. The van der Waals surface area contributed by atoms with Gasteiger partial charge in [-0.05, 0) is 6.08 Å². The van der Waals surface area contributed by atoms with Crippen molar-refractivity contribution in [1.82, 2.24) is 9.13 Å². The van der Waals surface area contributed by atoms with Gasteiger partial charge in [0.15, 0.2) is 0 Å². The molecule has 15 heavy (non-hydrogen) atoms. The molecule has 1 N–H and O–H groups in total. The molecule has 2 heterocycles. The first-order chi connectivity index (χ1) is 7.16. The van der Waals surface area contributed by atoms with Gasteiger partial charge in [0.05, 0.1) is 12.4 Å². The molecule has 0 bridgehead atoms. The molecule has 0 aliphatic carbocycles. The Kier molecular flexibility index (Phi) is 2.44. The fourth-order valence-corrected chi connectivity index (χ4v) is 1.71. The number of nitrogens with zero attached hydrogens (tertiary/aromatic N) is 2. The molecule has 0 saturated heterocycles. The zero-order valence-electron chi connectivity index (χ0n) is 8.14. The Morgan fingerprint density at radius 1 is 1.53 bits per heavy atom. The molecule has 1 aliphatic heterocycles. The van der Waals surface area contributed by atoms with Crippen LogP contribution in [-0.2, 0) is 7.05 Å². The average Bonchev–Trinajstić information content (AvgIpc) is 2.52. The van der Waals surface area contributed by atoms with Crippen molar-refractivity contribution in [2.75, 3.05) is 5.88 Å². The van der Waals surface area contributed by atoms with Crippen LogP contribution in [0.1, 0.15) is 0 Å². The van der Waals surface area contributed by atoms with Crippen LogP contribution >= 0.6 is 11.6 Å². The first-order valence-electron chi connectivity index (χ1n) is 4.44. The number of imidazole rings is 1. The first kappa shape index (κ1) is 10.1. The summed E-state index contributed by atoms with van der Waals surface area (Å²) >= 11 is 5.52. The molecule has 0 unspecified atom stereocenters. The van der Waals surface area contributed by atoms with Crippen molar-refractivity contribution in [3.63, 3.8) is 0 Å². The molecule has 0 aromatic carbocycles. The number of rotatable bonds is 1. The minimum atomic E-state index is -0.251. The summed E-state index contributed by atoms with van der Waals surface area (Å²) < 4.78 is 3.10. The van der Waals surface area contributed by atoms with Gasteiger partial charge in [-0.3, -0.25) is 9.36 Å². The number of allylic oxidation sites excluding steroid dienone is 2. The fourth-order valence-electron chi connectivity index (χ4n) is 1.59. The summed E-state index contributed by atoms with van der Waals surface area (Å²) in [6.45, 7) is 1.72. The van der Waals surface area contributed by atoms with Gasteiger partial charge in [0.25, 0.3) is 5.56 Å². The van der Waals surface area contributed by atoms with Crippen LogP contribution < -0.4 is 16.4 Å². The van der Waals surface area contributed by atoms with E-state index in [1.165, 1.54) is 4.57 Å². The highest BCUT2D eigenvalue weighted by Gasteiger charge is 2.11. The van der Waals surface area contributed by atoms with Gasteiger partial charge < -0.3 is 9.67 Å². The van der Waals surface area contributed by atoms with Crippen LogP contribution in [-0.4, -0.2) is 20.1 Å². The summed E-state index contributed by atoms with van der Waals surface area (Å²) in [5.74, 6) is -0.181. The Bertz CT molecular complexity index is 592. The number of alkyl halides is 1. The van der Waals surface area contributed by atoms with E-state index in [1.807, 2.05) is 6.08 Å². The highest BCUT2D eigenvalue weighted by Crippen LogP contribution is 1.92. The van der Waals surface area contributed by atoms with E-state index >= 15 is 0 Å². The van der Waals surface area contributed by atoms with Gasteiger partial charge in [0.2, 0.25) is 0 Å². The summed E-state index contributed by atoms with van der Waals surface area (Å²) in [6.07, 6.45) is 5.42. The topological polar surface area (TPSA) is 47.2 Å². The van der Waals surface area contributed by atoms with Gasteiger partial charge in [0, 0.05) is 7.05 Å². The number of aromatic nitrogens is 2. The Balaban J connectivity index is 2.98. The van der Waals surface area contributed by atoms with Crippen molar-refractivity contribution in [2.24, 2.45) is 7.05 Å². The van der Waals surface area contributed by atoms with E-state index in [2.05, 4.69) is 0 Å². The number of hydrogen-bond donors (Lipinski definition) is 1. The summed E-state index contributed by atoms with van der Waals surface area (Å²) in [6, 6.07) is 0. The SMILES string of the molecule is Cn1c(=O)c(=C(O)CCl)n2c1=CC=C[CH]2. The van der Waals surface area contributed by atoms with Crippen molar-refractivity contribution in [1.29, 1.82) is 0 Å². The van der Waals surface area contributed by atoms with Crippen molar-refractivity contribution < 1.29 is 5.11 Å². The molecule has 79 valence electrons. The second-order valence-electron chi connectivity index (χ2n) is 3.22. The van der Waals surface area contributed by atoms with Crippen LogP contribution in [0.2, 0.25) is 0 Å². The Hall–Kier alpha value is -1.42. The number of fused-ring (bicyclic) bond motifs is 1. The Labute approximate surface area is 91.0 Å². The molecule has 0 fully saturated rings. The summed E-state index contributed by atoms with van der Waals surface area (Å²) in [7, 11) is 1.66. The van der Waals surface area contributed by atoms with E-state index in [0.29, 0.717) is 5.48 Å². The lowest BCUT2D eigenvalue weighted by molar-refractivity contribution is 0.495. The van der Waals surface area contributed by atoms with Gasteiger partial charge in [-0.1, -0.05) is 12.2 Å². The van der Waals surface area contributed by atoms with E-state index in [4.69, 9.17) is 11.6 Å². The second-order valence-corrected chi connectivity index (χ2v) is 3.49. The second kappa shape index (κ2) is 3.62. The van der Waals surface area contributed by atoms with Crippen LogP contribution in [0.4, 0.5) is 0 Å². The minimum Gasteiger partial charge on any atom is -0.509 e. The van der Waals surface area contributed by atoms with E-state index in [0.717, 1.165) is 0 Å². The van der Waals surface area contributed by atoms with Crippen molar-refractivity contribution >= 4 is 23.4 Å². The standard InChI is InChI=1S/C10H10ClN2O2/c1-12-8-4-2-3-5-13(8)9(10(12)15)7(14)6-11/h2-5,14H,6H2,1H3. The third-order valence-corrected chi connectivity index (χ3v) is 2.58. The Morgan fingerprint density at radius 3 is 2.93 bits per heavy atom. The monoisotopic (exact) mass is 225 g/mol. The molecule has 2 rings (SSSR count). The molecule has 1 aromatic heterocycles. The van der Waals surface area contributed by atoms with Crippen LogP contribution in [0, 0.1) is 6.54 Å². The maximum Gasteiger partial charge on any atom is 0.279 e. The van der Waals surface area contributed by atoms with E-state index in [9.17, 15) is 9.90 Å². The molecule has 1 aromatic rings. The highest BCUT2D eigenvalue weighted by atomic mass is 35.5. The van der Waals surface area contributed by atoms with Gasteiger partial charge in [-0.2, -0.15) is 0 Å². The zero-order valence-corrected chi connectivity index (χ0v) is 8.90. The third kappa shape index (κ3) is 1.41. The number of aliphatic hydroxyl groups excluding tert-OH is 1. The van der Waals surface area contributed by atoms with E-state index in [-0.39, 0.29) is 22.5 Å². The average molecular weight is 226 g/mol. The lowest BCUT2D eigenvalue weighted by Gasteiger charge is -2.03. The van der Waals surface area contributed by atoms with Gasteiger partial charge in [-0.15, -0.1) is 11.6 Å². The molecule has 0 atom stereocenters. The fraction of sp³-hybridized carbons (Fsp3) is 0.200. The van der Waals surface area contributed by atoms with Gasteiger partial charge in [0.1, 0.15) is 16.6 Å². The molecular formula is C10H10ClN2O2. The number of aliphatic hydroxyl groups is 1. The van der Waals surface area contributed by atoms with Gasteiger partial charge >= 0.3 is 0 Å². The zero-order chi connectivity index (χ0) is 11.0. The van der Waals surface area contributed by atoms with Crippen molar-refractivity contribution in [2.45, 2.75) is 0 Å². The van der Waals surface area contributed by atoms with E-state index in [1.54, 1.807) is 30.3 Å². The predicted molar refractivity (Wildman–Crippen MR) is 59.0 cm³/mol. The summed E-state index contributed by atoms with van der Waals surface area (Å²) in [5.41, 5.74) is 0.466. The minimum absolute atomic E-state index is 0.0732. The molecule has 0 amide bonds. The lowest BCUT2D eigenvalue weighted by atomic mass is 10.4. The highest BCUT2D eigenvalue weighted by molar-refractivity contribution is 6.21. The maximum absolute atomic E-state index is 11.8. The normalized spacial score (nSPS) is 15.9.